The van der Waals surface area contributed by atoms with Crippen LogP contribution < -0.4 is 5.32 Å². The number of hydrogen-bond donors (Lipinski definition) is 1. The highest BCUT2D eigenvalue weighted by Crippen LogP contribution is 2.29. The number of aromatic nitrogens is 1. The van der Waals surface area contributed by atoms with Gasteiger partial charge in [-0.2, -0.15) is 0 Å². The number of carbonyl (C=O) groups excluding carboxylic acids is 2. The van der Waals surface area contributed by atoms with Gasteiger partial charge in [0, 0.05) is 17.3 Å². The van der Waals surface area contributed by atoms with Crippen LogP contribution in [-0.2, 0) is 4.79 Å². The average molecular weight is 394 g/mol. The van der Waals surface area contributed by atoms with Crippen LogP contribution in [-0.4, -0.2) is 16.1 Å². The van der Waals surface area contributed by atoms with Crippen molar-refractivity contribution in [1.29, 1.82) is 0 Å². The zero-order valence-corrected chi connectivity index (χ0v) is 14.8. The summed E-state index contributed by atoms with van der Waals surface area (Å²) >= 11 is 0. The molecule has 0 saturated heterocycles. The van der Waals surface area contributed by atoms with Crippen molar-refractivity contribution in [3.63, 3.8) is 0 Å². The number of ketones is 1. The van der Waals surface area contributed by atoms with Gasteiger partial charge in [0.1, 0.15) is 11.5 Å². The van der Waals surface area contributed by atoms with E-state index in [0.29, 0.717) is 16.6 Å². The van der Waals surface area contributed by atoms with Crippen molar-refractivity contribution >= 4 is 22.9 Å². The van der Waals surface area contributed by atoms with Crippen molar-refractivity contribution in [3.05, 3.63) is 96.1 Å². The van der Waals surface area contributed by atoms with Crippen LogP contribution in [0.3, 0.4) is 0 Å². The zero-order valence-electron chi connectivity index (χ0n) is 14.8. The average Bonchev–Trinajstić information content (AvgIpc) is 3.10. The summed E-state index contributed by atoms with van der Waals surface area (Å²) in [5.74, 6) is -5.03. The maximum absolute atomic E-state index is 13.9. The van der Waals surface area contributed by atoms with Crippen LogP contribution in [0.1, 0.15) is 10.5 Å². The lowest BCUT2D eigenvalue weighted by Gasteiger charge is -2.08. The first-order chi connectivity index (χ1) is 14.0. The van der Waals surface area contributed by atoms with Crippen molar-refractivity contribution in [3.8, 4) is 11.1 Å². The second kappa shape index (κ2) is 7.27. The number of rotatable bonds is 4. The summed E-state index contributed by atoms with van der Waals surface area (Å²) < 4.78 is 42.5. The molecule has 2 aromatic heterocycles. The van der Waals surface area contributed by atoms with Gasteiger partial charge in [0.05, 0.1) is 5.69 Å². The number of carbonyl (C=O) groups is 2. The van der Waals surface area contributed by atoms with Gasteiger partial charge in [-0.15, -0.1) is 0 Å². The van der Waals surface area contributed by atoms with E-state index in [9.17, 15) is 22.8 Å². The van der Waals surface area contributed by atoms with Gasteiger partial charge in [-0.05, 0) is 48.0 Å². The van der Waals surface area contributed by atoms with E-state index in [0.717, 1.165) is 12.1 Å². The quantitative estimate of drug-likeness (QED) is 0.398. The molecule has 0 unspecified atom stereocenters. The highest BCUT2D eigenvalue weighted by molar-refractivity contribution is 6.47. The van der Waals surface area contributed by atoms with E-state index in [2.05, 4.69) is 5.32 Å². The van der Waals surface area contributed by atoms with Crippen molar-refractivity contribution in [2.24, 2.45) is 0 Å². The van der Waals surface area contributed by atoms with Crippen molar-refractivity contribution in [2.45, 2.75) is 0 Å². The third-order valence-corrected chi connectivity index (χ3v) is 4.44. The summed E-state index contributed by atoms with van der Waals surface area (Å²) in [5, 5.41) is 2.10. The van der Waals surface area contributed by atoms with Crippen LogP contribution in [0.4, 0.5) is 18.9 Å². The van der Waals surface area contributed by atoms with Crippen LogP contribution in [0.5, 0.6) is 0 Å². The molecule has 1 N–H and O–H groups in total. The van der Waals surface area contributed by atoms with Gasteiger partial charge in [0.2, 0.25) is 0 Å². The van der Waals surface area contributed by atoms with E-state index in [1.807, 2.05) is 0 Å². The first kappa shape index (κ1) is 18.5. The van der Waals surface area contributed by atoms with Crippen molar-refractivity contribution < 1.29 is 22.8 Å². The molecule has 7 heteroatoms. The predicted octanol–water partition coefficient (Wildman–Crippen LogP) is 4.85. The molecule has 0 aliphatic carbocycles. The molecular weight excluding hydrogens is 381 g/mol. The fourth-order valence-corrected chi connectivity index (χ4v) is 3.12. The lowest BCUT2D eigenvalue weighted by molar-refractivity contribution is -0.112. The Bertz CT molecular complexity index is 1260. The predicted molar refractivity (Wildman–Crippen MR) is 102 cm³/mol. The topological polar surface area (TPSA) is 50.6 Å². The summed E-state index contributed by atoms with van der Waals surface area (Å²) in [6.45, 7) is 0. The summed E-state index contributed by atoms with van der Waals surface area (Å²) in [5.41, 5.74) is 0.897. The molecule has 4 rings (SSSR count). The lowest BCUT2D eigenvalue weighted by Crippen LogP contribution is -2.25. The van der Waals surface area contributed by atoms with Crippen LogP contribution in [0.2, 0.25) is 0 Å². The molecule has 2 heterocycles. The van der Waals surface area contributed by atoms with Gasteiger partial charge in [0.15, 0.2) is 11.6 Å². The van der Waals surface area contributed by atoms with Crippen molar-refractivity contribution in [1.82, 2.24) is 4.40 Å². The van der Waals surface area contributed by atoms with Gasteiger partial charge < -0.3 is 9.72 Å². The number of fused-ring (bicyclic) bond motifs is 1. The molecule has 0 bridgehead atoms. The Hall–Kier alpha value is -3.87. The SMILES string of the molecule is O=C(Nc1cccc(F)c1F)C(=O)c1c(-c2cccc(F)c2)cc2ccccn12. The Kier molecular flexibility index (Phi) is 4.64. The largest absolute Gasteiger partial charge is 0.316 e. The fourth-order valence-electron chi connectivity index (χ4n) is 3.12. The highest BCUT2D eigenvalue weighted by Gasteiger charge is 2.26. The molecule has 0 atom stereocenters. The molecule has 0 fully saturated rings. The molecule has 0 spiro atoms. The third kappa shape index (κ3) is 3.38. The molecule has 0 aliphatic heterocycles. The lowest BCUT2D eigenvalue weighted by atomic mass is 10.0. The van der Waals surface area contributed by atoms with Gasteiger partial charge >= 0.3 is 0 Å². The van der Waals surface area contributed by atoms with Crippen LogP contribution in [0.15, 0.2) is 72.9 Å². The number of nitrogens with zero attached hydrogens (tertiary/aromatic N) is 1. The molecule has 1 amide bonds. The Morgan fingerprint density at radius 2 is 1.66 bits per heavy atom. The van der Waals surface area contributed by atoms with Crippen LogP contribution in [0.25, 0.3) is 16.6 Å². The number of pyridine rings is 1. The second-order valence-electron chi connectivity index (χ2n) is 6.30. The van der Waals surface area contributed by atoms with Gasteiger partial charge in [-0.3, -0.25) is 9.59 Å². The Labute approximate surface area is 163 Å². The monoisotopic (exact) mass is 394 g/mol. The van der Waals surface area contributed by atoms with Gasteiger partial charge in [0.25, 0.3) is 11.7 Å². The molecule has 29 heavy (non-hydrogen) atoms. The zero-order chi connectivity index (χ0) is 20.5. The number of hydrogen-bond acceptors (Lipinski definition) is 2. The minimum absolute atomic E-state index is 0.0134. The minimum Gasteiger partial charge on any atom is -0.316 e. The Balaban J connectivity index is 1.80. The first-order valence-electron chi connectivity index (χ1n) is 8.61. The van der Waals surface area contributed by atoms with E-state index in [1.54, 1.807) is 36.5 Å². The number of Topliss-reactive ketones (excluding diaryl/α,β-unsaturated/α-hetero) is 1. The fraction of sp³-hybridized carbons (Fsp3) is 0. The summed E-state index contributed by atoms with van der Waals surface area (Å²) in [6.07, 6.45) is 1.58. The van der Waals surface area contributed by atoms with E-state index >= 15 is 0 Å². The van der Waals surface area contributed by atoms with Gasteiger partial charge in [-0.1, -0.05) is 24.3 Å². The van der Waals surface area contributed by atoms with Gasteiger partial charge in [-0.25, -0.2) is 13.2 Å². The van der Waals surface area contributed by atoms with E-state index in [4.69, 9.17) is 0 Å². The summed E-state index contributed by atoms with van der Waals surface area (Å²) in [6, 6.07) is 15.7. The molecule has 0 saturated carbocycles. The second-order valence-corrected chi connectivity index (χ2v) is 6.30. The first-order valence-corrected chi connectivity index (χ1v) is 8.61. The minimum atomic E-state index is -1.26. The molecule has 4 aromatic rings. The maximum Gasteiger partial charge on any atom is 0.298 e. The van der Waals surface area contributed by atoms with Crippen LogP contribution in [0, 0.1) is 17.5 Å². The number of halogens is 3. The van der Waals surface area contributed by atoms with E-state index in [-0.39, 0.29) is 5.69 Å². The molecule has 2 aromatic carbocycles. The molecule has 4 nitrogen and oxygen atoms in total. The Morgan fingerprint density at radius 3 is 2.45 bits per heavy atom. The highest BCUT2D eigenvalue weighted by atomic mass is 19.2. The number of anilines is 1. The smallest absolute Gasteiger partial charge is 0.298 e. The summed E-state index contributed by atoms with van der Waals surface area (Å²) in [4.78, 5) is 25.5. The Morgan fingerprint density at radius 1 is 0.862 bits per heavy atom. The standard InChI is InChI=1S/C22H13F3N2O2/c23-14-6-3-5-13(11-14)16-12-15-7-1-2-10-27(15)20(16)21(28)22(29)26-18-9-4-8-17(24)19(18)25/h1-12H,(H,26,29). The molecule has 144 valence electrons. The number of nitrogens with one attached hydrogen (secondary N) is 1. The number of benzene rings is 2. The number of amides is 1. The third-order valence-electron chi connectivity index (χ3n) is 4.44. The van der Waals surface area contributed by atoms with E-state index < -0.39 is 34.8 Å². The normalized spacial score (nSPS) is 10.9. The molecule has 0 radical (unpaired) electrons. The summed E-state index contributed by atoms with van der Waals surface area (Å²) in [7, 11) is 0. The molecular formula is C22H13F3N2O2. The molecule has 0 aliphatic rings. The van der Waals surface area contributed by atoms with E-state index in [1.165, 1.54) is 28.7 Å². The van der Waals surface area contributed by atoms with Crippen molar-refractivity contribution in [2.75, 3.05) is 5.32 Å². The van der Waals surface area contributed by atoms with Crippen LogP contribution >= 0.6 is 0 Å². The maximum atomic E-state index is 13.9.